The molecule has 1 aliphatic heterocycles. The minimum Gasteiger partial charge on any atom is -0.444 e. The second kappa shape index (κ2) is 8.68. The Morgan fingerprint density at radius 1 is 1.29 bits per heavy atom. The van der Waals surface area contributed by atoms with Crippen molar-refractivity contribution in [2.24, 2.45) is 0 Å². The molecule has 3 rings (SSSR count). The molecule has 0 N–H and O–H groups in total. The van der Waals surface area contributed by atoms with E-state index < -0.39 is 5.60 Å². The Kier molecular flexibility index (Phi) is 6.28. The Morgan fingerprint density at radius 2 is 1.96 bits per heavy atom. The van der Waals surface area contributed by atoms with Crippen LogP contribution < -0.4 is 0 Å². The third-order valence-electron chi connectivity index (χ3n) is 4.78. The number of nitrogens with zero attached hydrogens (tertiary/aromatic N) is 5. The molecular formula is C20H29N5O3. The number of amides is 1. The van der Waals surface area contributed by atoms with Crippen LogP contribution in [-0.4, -0.2) is 62.3 Å². The molecule has 28 heavy (non-hydrogen) atoms. The van der Waals surface area contributed by atoms with Gasteiger partial charge in [0.2, 0.25) is 11.7 Å². The molecule has 1 amide bonds. The van der Waals surface area contributed by atoms with Crippen LogP contribution in [0.25, 0.3) is 11.4 Å². The monoisotopic (exact) mass is 387 g/mol. The minimum atomic E-state index is -0.464. The summed E-state index contributed by atoms with van der Waals surface area (Å²) >= 11 is 0. The Hall–Kier alpha value is -2.48. The lowest BCUT2D eigenvalue weighted by atomic mass is 10.0. The van der Waals surface area contributed by atoms with Gasteiger partial charge in [-0.25, -0.2) is 4.79 Å². The smallest absolute Gasteiger partial charge is 0.410 e. The first kappa shape index (κ1) is 20.3. The van der Waals surface area contributed by atoms with Crippen LogP contribution in [0.2, 0.25) is 0 Å². The minimum absolute atomic E-state index is 0.229. The molecule has 3 heterocycles. The van der Waals surface area contributed by atoms with E-state index in [-0.39, 0.29) is 6.09 Å². The van der Waals surface area contributed by atoms with E-state index in [1.807, 2.05) is 32.9 Å². The lowest BCUT2D eigenvalue weighted by molar-refractivity contribution is 0.0134. The molecule has 152 valence electrons. The van der Waals surface area contributed by atoms with E-state index in [4.69, 9.17) is 9.26 Å². The van der Waals surface area contributed by atoms with Crippen LogP contribution in [0.3, 0.4) is 0 Å². The number of carbonyl (C=O) groups is 1. The van der Waals surface area contributed by atoms with Crippen molar-refractivity contribution in [2.45, 2.75) is 58.7 Å². The summed E-state index contributed by atoms with van der Waals surface area (Å²) in [4.78, 5) is 24.9. The summed E-state index contributed by atoms with van der Waals surface area (Å²) in [6.07, 6.45) is 4.99. The zero-order chi connectivity index (χ0) is 20.1. The maximum Gasteiger partial charge on any atom is 0.410 e. The number of likely N-dealkylation sites (tertiary alicyclic amines) is 1. The van der Waals surface area contributed by atoms with Gasteiger partial charge in [0.05, 0.1) is 6.54 Å². The molecule has 0 aromatic carbocycles. The molecule has 1 aliphatic rings. The lowest BCUT2D eigenvalue weighted by Crippen LogP contribution is -2.47. The maximum atomic E-state index is 12.2. The zero-order valence-electron chi connectivity index (χ0n) is 17.1. The maximum absolute atomic E-state index is 12.2. The molecule has 8 nitrogen and oxygen atoms in total. The highest BCUT2D eigenvalue weighted by molar-refractivity contribution is 5.68. The summed E-state index contributed by atoms with van der Waals surface area (Å²) in [6.45, 7) is 10.7. The molecule has 0 atom stereocenters. The van der Waals surface area contributed by atoms with Crippen LogP contribution in [0.5, 0.6) is 0 Å². The molecule has 1 saturated heterocycles. The van der Waals surface area contributed by atoms with Crippen molar-refractivity contribution in [3.8, 4) is 11.4 Å². The van der Waals surface area contributed by atoms with Crippen LogP contribution in [0, 0.1) is 0 Å². The van der Waals surface area contributed by atoms with Crippen LogP contribution >= 0.6 is 0 Å². The van der Waals surface area contributed by atoms with E-state index in [1.165, 1.54) is 0 Å². The Bertz CT molecular complexity index is 764. The molecule has 0 bridgehead atoms. The Labute approximate surface area is 165 Å². The van der Waals surface area contributed by atoms with Gasteiger partial charge in [0, 0.05) is 37.1 Å². The molecule has 2 aromatic rings. The molecule has 0 saturated carbocycles. The molecule has 1 fully saturated rings. The summed E-state index contributed by atoms with van der Waals surface area (Å²) in [7, 11) is 0. The standard InChI is InChI=1S/C20H29N5O3/c1-5-24(14-17-22-18(23-28-17)15-6-10-21-11-7-15)16-8-12-25(13-9-16)19(26)27-20(2,3)4/h6-7,10-11,16H,5,8-9,12-14H2,1-4H3. The number of hydrogen-bond donors (Lipinski definition) is 0. The van der Waals surface area contributed by atoms with Crippen molar-refractivity contribution < 1.29 is 14.1 Å². The number of ether oxygens (including phenoxy) is 1. The van der Waals surface area contributed by atoms with Crippen molar-refractivity contribution in [1.29, 1.82) is 0 Å². The van der Waals surface area contributed by atoms with E-state index in [0.29, 0.717) is 37.4 Å². The van der Waals surface area contributed by atoms with Gasteiger partial charge < -0.3 is 14.2 Å². The first-order chi connectivity index (χ1) is 13.4. The molecule has 2 aromatic heterocycles. The second-order valence-electron chi connectivity index (χ2n) is 8.01. The molecule has 8 heteroatoms. The summed E-state index contributed by atoms with van der Waals surface area (Å²) in [5, 5.41) is 4.08. The SMILES string of the molecule is CCN(Cc1nc(-c2ccncc2)no1)C1CCN(C(=O)OC(C)(C)C)CC1. The average Bonchev–Trinajstić information content (AvgIpc) is 3.14. The van der Waals surface area contributed by atoms with Crippen LogP contribution in [0.4, 0.5) is 4.79 Å². The molecule has 0 unspecified atom stereocenters. The number of pyridine rings is 1. The number of piperidine rings is 1. The lowest BCUT2D eigenvalue weighted by Gasteiger charge is -2.38. The van der Waals surface area contributed by atoms with Crippen molar-refractivity contribution in [3.63, 3.8) is 0 Å². The number of rotatable bonds is 5. The van der Waals surface area contributed by atoms with Gasteiger partial charge in [0.15, 0.2) is 0 Å². The summed E-state index contributed by atoms with van der Waals surface area (Å²) < 4.78 is 10.9. The average molecular weight is 387 g/mol. The Morgan fingerprint density at radius 3 is 2.57 bits per heavy atom. The number of aromatic nitrogens is 3. The van der Waals surface area contributed by atoms with Crippen LogP contribution in [-0.2, 0) is 11.3 Å². The first-order valence-electron chi connectivity index (χ1n) is 9.80. The van der Waals surface area contributed by atoms with Crippen molar-refractivity contribution >= 4 is 6.09 Å². The summed E-state index contributed by atoms with van der Waals surface area (Å²) in [5.74, 6) is 1.18. The van der Waals surface area contributed by atoms with Gasteiger partial charge in [-0.05, 0) is 52.3 Å². The number of hydrogen-bond acceptors (Lipinski definition) is 7. The van der Waals surface area contributed by atoms with Gasteiger partial charge in [-0.2, -0.15) is 4.98 Å². The van der Waals surface area contributed by atoms with E-state index in [0.717, 1.165) is 24.9 Å². The number of carbonyl (C=O) groups excluding carboxylic acids is 1. The van der Waals surface area contributed by atoms with Gasteiger partial charge >= 0.3 is 6.09 Å². The predicted octanol–water partition coefficient (Wildman–Crippen LogP) is 3.35. The second-order valence-corrected chi connectivity index (χ2v) is 8.01. The van der Waals surface area contributed by atoms with Crippen molar-refractivity contribution in [3.05, 3.63) is 30.4 Å². The quantitative estimate of drug-likeness (QED) is 0.778. The van der Waals surface area contributed by atoms with E-state index in [2.05, 4.69) is 26.9 Å². The highest BCUT2D eigenvalue weighted by Gasteiger charge is 2.29. The highest BCUT2D eigenvalue weighted by Crippen LogP contribution is 2.21. The van der Waals surface area contributed by atoms with Crippen LogP contribution in [0.1, 0.15) is 46.4 Å². The fraction of sp³-hybridized carbons (Fsp3) is 0.600. The summed E-state index contributed by atoms with van der Waals surface area (Å²) in [5.41, 5.74) is 0.423. The first-order valence-corrected chi connectivity index (χ1v) is 9.80. The normalized spacial score (nSPS) is 15.8. The molecule has 0 spiro atoms. The van der Waals surface area contributed by atoms with Gasteiger partial charge in [0.1, 0.15) is 5.60 Å². The zero-order valence-corrected chi connectivity index (χ0v) is 17.1. The topological polar surface area (TPSA) is 84.6 Å². The van der Waals surface area contributed by atoms with Crippen molar-refractivity contribution in [1.82, 2.24) is 24.9 Å². The van der Waals surface area contributed by atoms with Crippen molar-refractivity contribution in [2.75, 3.05) is 19.6 Å². The predicted molar refractivity (Wildman–Crippen MR) is 104 cm³/mol. The largest absolute Gasteiger partial charge is 0.444 e. The fourth-order valence-electron chi connectivity index (χ4n) is 3.35. The molecular weight excluding hydrogens is 358 g/mol. The van der Waals surface area contributed by atoms with E-state index >= 15 is 0 Å². The van der Waals surface area contributed by atoms with Gasteiger partial charge in [-0.15, -0.1) is 0 Å². The van der Waals surface area contributed by atoms with Crippen LogP contribution in [0.15, 0.2) is 29.0 Å². The molecule has 0 aliphatic carbocycles. The van der Waals surface area contributed by atoms with Gasteiger partial charge in [-0.3, -0.25) is 9.88 Å². The third kappa shape index (κ3) is 5.28. The van der Waals surface area contributed by atoms with Gasteiger partial charge in [0.25, 0.3) is 0 Å². The fourth-order valence-corrected chi connectivity index (χ4v) is 3.35. The summed E-state index contributed by atoms with van der Waals surface area (Å²) in [6, 6.07) is 4.09. The van der Waals surface area contributed by atoms with E-state index in [1.54, 1.807) is 17.3 Å². The van der Waals surface area contributed by atoms with Gasteiger partial charge in [-0.1, -0.05) is 12.1 Å². The highest BCUT2D eigenvalue weighted by atomic mass is 16.6. The molecule has 0 radical (unpaired) electrons. The van der Waals surface area contributed by atoms with E-state index in [9.17, 15) is 4.79 Å². The third-order valence-corrected chi connectivity index (χ3v) is 4.78. The Balaban J connectivity index is 1.55.